The molecular weight excluding hydrogens is 354 g/mol. The first-order valence-electron chi connectivity index (χ1n) is 8.30. The van der Waals surface area contributed by atoms with Crippen LogP contribution in [0.2, 0.25) is 0 Å². The van der Waals surface area contributed by atoms with Gasteiger partial charge >= 0.3 is 10.1 Å². The number of rotatable bonds is 7. The van der Waals surface area contributed by atoms with Gasteiger partial charge in [-0.2, -0.15) is 8.42 Å². The van der Waals surface area contributed by atoms with E-state index in [2.05, 4.69) is 0 Å². The molecule has 0 unspecified atom stereocenters. The molecule has 26 heavy (non-hydrogen) atoms. The van der Waals surface area contributed by atoms with Gasteiger partial charge < -0.3 is 13.5 Å². The summed E-state index contributed by atoms with van der Waals surface area (Å²) >= 11 is 0. The minimum absolute atomic E-state index is 0.00309. The molecule has 2 aromatic rings. The van der Waals surface area contributed by atoms with E-state index < -0.39 is 10.1 Å². The van der Waals surface area contributed by atoms with Crippen LogP contribution in [0.4, 0.5) is 0 Å². The molecule has 0 saturated carbocycles. The van der Waals surface area contributed by atoms with E-state index in [9.17, 15) is 13.2 Å². The molecule has 0 aliphatic heterocycles. The summed E-state index contributed by atoms with van der Waals surface area (Å²) in [6.45, 7) is 6.71. The fourth-order valence-corrected chi connectivity index (χ4v) is 2.93. The van der Waals surface area contributed by atoms with Crippen molar-refractivity contribution < 1.29 is 21.8 Å². The Labute approximate surface area is 154 Å². The molecule has 0 aliphatic rings. The molecule has 142 valence electrons. The molecule has 0 radical (unpaired) electrons. The van der Waals surface area contributed by atoms with Crippen LogP contribution < -0.4 is 4.18 Å². The number of carbonyl (C=O) groups is 1. The highest BCUT2D eigenvalue weighted by molar-refractivity contribution is 7.86. The number of amides is 1. The predicted molar refractivity (Wildman–Crippen MR) is 98.9 cm³/mol. The molecule has 1 aromatic heterocycles. The first-order valence-corrected chi connectivity index (χ1v) is 10.1. The van der Waals surface area contributed by atoms with E-state index in [4.69, 9.17) is 8.60 Å². The average molecular weight is 379 g/mol. The van der Waals surface area contributed by atoms with Crippen LogP contribution >= 0.6 is 0 Å². The van der Waals surface area contributed by atoms with Gasteiger partial charge in [0.05, 0.1) is 19.1 Å². The van der Waals surface area contributed by atoms with E-state index in [1.165, 1.54) is 0 Å². The number of furan rings is 1. The topological polar surface area (TPSA) is 76.8 Å². The molecule has 0 saturated heterocycles. The van der Waals surface area contributed by atoms with Crippen molar-refractivity contribution in [3.05, 3.63) is 54.0 Å². The van der Waals surface area contributed by atoms with Gasteiger partial charge in [-0.25, -0.2) is 0 Å². The summed E-state index contributed by atoms with van der Waals surface area (Å²) < 4.78 is 32.9. The number of nitrogens with zero attached hydrogens (tertiary/aromatic N) is 1. The molecule has 2 rings (SSSR count). The quantitative estimate of drug-likeness (QED) is 0.687. The molecule has 1 aromatic carbocycles. The Kier molecular flexibility index (Phi) is 6.13. The maximum atomic E-state index is 12.8. The largest absolute Gasteiger partial charge is 0.467 e. The maximum Gasteiger partial charge on any atom is 0.306 e. The van der Waals surface area contributed by atoms with Gasteiger partial charge in [-0.05, 0) is 35.2 Å². The van der Waals surface area contributed by atoms with E-state index in [-0.39, 0.29) is 17.1 Å². The van der Waals surface area contributed by atoms with Crippen molar-refractivity contribution in [3.63, 3.8) is 0 Å². The van der Waals surface area contributed by atoms with Crippen LogP contribution in [0.15, 0.2) is 47.1 Å². The van der Waals surface area contributed by atoms with Crippen LogP contribution in [-0.2, 0) is 28.0 Å². The van der Waals surface area contributed by atoms with Gasteiger partial charge in [0.2, 0.25) is 5.91 Å². The SMILES string of the molecule is CC(C)(C)CC(=O)N(Cc1cccc(OS(C)(=O)=O)c1)Cc1ccco1. The Morgan fingerprint density at radius 1 is 1.15 bits per heavy atom. The third-order valence-corrected chi connectivity index (χ3v) is 3.98. The molecule has 1 amide bonds. The number of hydrogen-bond acceptors (Lipinski definition) is 5. The van der Waals surface area contributed by atoms with E-state index >= 15 is 0 Å². The number of hydrogen-bond donors (Lipinski definition) is 0. The van der Waals surface area contributed by atoms with Gasteiger partial charge in [-0.15, -0.1) is 0 Å². The van der Waals surface area contributed by atoms with Crippen molar-refractivity contribution in [2.24, 2.45) is 5.41 Å². The van der Waals surface area contributed by atoms with Crippen LogP contribution in [-0.4, -0.2) is 25.5 Å². The highest BCUT2D eigenvalue weighted by Gasteiger charge is 2.22. The highest BCUT2D eigenvalue weighted by atomic mass is 32.2. The number of carbonyl (C=O) groups excluding carboxylic acids is 1. The third-order valence-electron chi connectivity index (χ3n) is 3.48. The summed E-state index contributed by atoms with van der Waals surface area (Å²) in [4.78, 5) is 14.5. The predicted octanol–water partition coefficient (Wildman–Crippen LogP) is 3.58. The average Bonchev–Trinajstić information content (AvgIpc) is 2.96. The van der Waals surface area contributed by atoms with E-state index in [1.54, 1.807) is 35.4 Å². The summed E-state index contributed by atoms with van der Waals surface area (Å²) in [6, 6.07) is 10.3. The van der Waals surface area contributed by atoms with E-state index in [0.717, 1.165) is 11.8 Å². The lowest BCUT2D eigenvalue weighted by molar-refractivity contribution is -0.134. The number of benzene rings is 1. The fourth-order valence-electron chi connectivity index (χ4n) is 2.48. The first kappa shape index (κ1) is 20.0. The van der Waals surface area contributed by atoms with Gasteiger partial charge in [0, 0.05) is 13.0 Å². The Balaban J connectivity index is 2.20. The molecule has 0 aliphatic carbocycles. The molecule has 0 atom stereocenters. The Morgan fingerprint density at radius 2 is 1.88 bits per heavy atom. The lowest BCUT2D eigenvalue weighted by atomic mass is 9.91. The standard InChI is InChI=1S/C19H25NO5S/c1-19(2,3)12-18(21)20(14-17-9-6-10-24-17)13-15-7-5-8-16(11-15)25-26(4,22)23/h5-11H,12-14H2,1-4H3. The molecule has 6 nitrogen and oxygen atoms in total. The summed E-state index contributed by atoms with van der Waals surface area (Å²) in [7, 11) is -3.60. The second-order valence-corrected chi connectivity index (χ2v) is 9.08. The van der Waals surface area contributed by atoms with Crippen LogP contribution in [0.25, 0.3) is 0 Å². The highest BCUT2D eigenvalue weighted by Crippen LogP contribution is 2.23. The van der Waals surface area contributed by atoms with Crippen molar-refractivity contribution in [2.45, 2.75) is 40.3 Å². The van der Waals surface area contributed by atoms with Gasteiger partial charge in [-0.3, -0.25) is 4.79 Å². The van der Waals surface area contributed by atoms with Crippen LogP contribution in [0.1, 0.15) is 38.5 Å². The molecule has 7 heteroatoms. The normalized spacial score (nSPS) is 12.0. The molecule has 0 fully saturated rings. The van der Waals surface area contributed by atoms with Crippen LogP contribution in [0.5, 0.6) is 5.75 Å². The fraction of sp³-hybridized carbons (Fsp3) is 0.421. The summed E-state index contributed by atoms with van der Waals surface area (Å²) in [6.07, 6.45) is 2.96. The maximum absolute atomic E-state index is 12.8. The minimum Gasteiger partial charge on any atom is -0.467 e. The second-order valence-electron chi connectivity index (χ2n) is 7.50. The van der Waals surface area contributed by atoms with E-state index in [1.807, 2.05) is 32.9 Å². The zero-order valence-electron chi connectivity index (χ0n) is 15.6. The minimum atomic E-state index is -3.60. The monoisotopic (exact) mass is 379 g/mol. The van der Waals surface area contributed by atoms with Crippen LogP contribution in [0, 0.1) is 5.41 Å². The summed E-state index contributed by atoms with van der Waals surface area (Å²) in [5, 5.41) is 0. The van der Waals surface area contributed by atoms with Crippen molar-refractivity contribution in [1.82, 2.24) is 4.90 Å². The molecule has 0 bridgehead atoms. The van der Waals surface area contributed by atoms with Crippen LogP contribution in [0.3, 0.4) is 0 Å². The van der Waals surface area contributed by atoms with Gasteiger partial charge in [-0.1, -0.05) is 32.9 Å². The van der Waals surface area contributed by atoms with Crippen molar-refractivity contribution >= 4 is 16.0 Å². The molecule has 0 N–H and O–H groups in total. The van der Waals surface area contributed by atoms with Crippen molar-refractivity contribution in [1.29, 1.82) is 0 Å². The lowest BCUT2D eigenvalue weighted by Gasteiger charge is -2.26. The van der Waals surface area contributed by atoms with Gasteiger partial charge in [0.25, 0.3) is 0 Å². The first-order chi connectivity index (χ1) is 12.0. The molecule has 1 heterocycles. The van der Waals surface area contributed by atoms with Crippen molar-refractivity contribution in [2.75, 3.05) is 6.26 Å². The Bertz CT molecular complexity index is 835. The van der Waals surface area contributed by atoms with Crippen molar-refractivity contribution in [3.8, 4) is 5.75 Å². The zero-order valence-corrected chi connectivity index (χ0v) is 16.4. The molecular formula is C19H25NO5S. The Hall–Kier alpha value is -2.28. The van der Waals surface area contributed by atoms with Gasteiger partial charge in [0.15, 0.2) is 0 Å². The smallest absolute Gasteiger partial charge is 0.306 e. The molecule has 0 spiro atoms. The second kappa shape index (κ2) is 7.95. The van der Waals surface area contributed by atoms with Gasteiger partial charge in [0.1, 0.15) is 11.5 Å². The lowest BCUT2D eigenvalue weighted by Crippen LogP contribution is -2.32. The summed E-state index contributed by atoms with van der Waals surface area (Å²) in [5.41, 5.74) is 0.639. The summed E-state index contributed by atoms with van der Waals surface area (Å²) in [5.74, 6) is 0.922. The Morgan fingerprint density at radius 3 is 2.46 bits per heavy atom. The zero-order chi connectivity index (χ0) is 19.4. The third kappa shape index (κ3) is 6.92. The van der Waals surface area contributed by atoms with E-state index in [0.29, 0.717) is 25.3 Å².